The van der Waals surface area contributed by atoms with Gasteiger partial charge in [-0.25, -0.2) is 9.59 Å². The minimum atomic E-state index is -0.520. The van der Waals surface area contributed by atoms with E-state index in [1.165, 1.54) is 12.1 Å². The Kier molecular flexibility index (Phi) is 6.59. The maximum Gasteiger partial charge on any atom is 0.340 e. The fraction of sp³-hybridized carbons (Fsp3) is 0.438. The van der Waals surface area contributed by atoms with Crippen molar-refractivity contribution in [3.8, 4) is 0 Å². The van der Waals surface area contributed by atoms with E-state index in [-0.39, 0.29) is 18.8 Å². The maximum absolute atomic E-state index is 12.0. The highest BCUT2D eigenvalue weighted by Gasteiger charge is 2.21. The maximum atomic E-state index is 12.0. The van der Waals surface area contributed by atoms with Gasteiger partial charge in [0.25, 0.3) is 0 Å². The van der Waals surface area contributed by atoms with E-state index in [0.29, 0.717) is 23.4 Å². The molecular formula is C16H21NO4. The molecule has 0 saturated heterocycles. The van der Waals surface area contributed by atoms with Crippen LogP contribution in [0, 0.1) is 0 Å². The normalized spacial score (nSPS) is 10.0. The quantitative estimate of drug-likeness (QED) is 0.722. The van der Waals surface area contributed by atoms with Crippen molar-refractivity contribution in [2.45, 2.75) is 33.6 Å². The summed E-state index contributed by atoms with van der Waals surface area (Å²) in [5.74, 6) is -0.997. The van der Waals surface area contributed by atoms with Crippen LogP contribution in [-0.2, 0) is 15.9 Å². The van der Waals surface area contributed by atoms with Gasteiger partial charge in [-0.1, -0.05) is 19.9 Å². The number of hydrogen-bond acceptors (Lipinski definition) is 5. The molecule has 5 heteroatoms. The summed E-state index contributed by atoms with van der Waals surface area (Å²) in [6.07, 6.45) is 2.94. The largest absolute Gasteiger partial charge is 0.462 e. The molecule has 1 aromatic heterocycles. The summed E-state index contributed by atoms with van der Waals surface area (Å²) in [6, 6.07) is 1.49. The van der Waals surface area contributed by atoms with E-state index in [4.69, 9.17) is 9.47 Å². The first-order valence-electron chi connectivity index (χ1n) is 7.09. The lowest BCUT2D eigenvalue weighted by Crippen LogP contribution is -2.15. The van der Waals surface area contributed by atoms with Crippen molar-refractivity contribution in [2.75, 3.05) is 13.2 Å². The number of pyridine rings is 1. The van der Waals surface area contributed by atoms with Gasteiger partial charge in [-0.3, -0.25) is 4.98 Å². The van der Waals surface area contributed by atoms with E-state index >= 15 is 0 Å². The average molecular weight is 291 g/mol. The minimum absolute atomic E-state index is 0.231. The Morgan fingerprint density at radius 1 is 1.14 bits per heavy atom. The van der Waals surface area contributed by atoms with Crippen molar-refractivity contribution < 1.29 is 19.1 Å². The molecule has 0 aliphatic heterocycles. The van der Waals surface area contributed by atoms with Crippen LogP contribution in [0.4, 0.5) is 0 Å². The third-order valence-corrected chi connectivity index (χ3v) is 2.80. The topological polar surface area (TPSA) is 65.5 Å². The Bertz CT molecular complexity index is 537. The van der Waals surface area contributed by atoms with Gasteiger partial charge in [0.05, 0.1) is 35.7 Å². The second kappa shape index (κ2) is 8.19. The molecule has 0 amide bonds. The Balaban J connectivity index is 3.37. The number of carbonyl (C=O) groups excluding carboxylic acids is 2. The fourth-order valence-electron chi connectivity index (χ4n) is 1.91. The van der Waals surface area contributed by atoms with Gasteiger partial charge < -0.3 is 9.47 Å². The molecular weight excluding hydrogens is 270 g/mol. The molecule has 0 bridgehead atoms. The van der Waals surface area contributed by atoms with Crippen molar-refractivity contribution in [2.24, 2.45) is 0 Å². The molecule has 21 heavy (non-hydrogen) atoms. The van der Waals surface area contributed by atoms with Gasteiger partial charge in [-0.15, -0.1) is 0 Å². The second-order valence-corrected chi connectivity index (χ2v) is 4.31. The van der Waals surface area contributed by atoms with Crippen LogP contribution < -0.4 is 0 Å². The number of ether oxygens (including phenoxy) is 2. The molecule has 1 aromatic rings. The zero-order valence-corrected chi connectivity index (χ0v) is 12.8. The number of hydrogen-bond donors (Lipinski definition) is 0. The molecule has 0 saturated carbocycles. The van der Waals surface area contributed by atoms with E-state index in [2.05, 4.69) is 11.6 Å². The summed E-state index contributed by atoms with van der Waals surface area (Å²) >= 11 is 0. The molecule has 1 heterocycles. The molecule has 1 rings (SSSR count). The first-order chi connectivity index (χ1) is 10.1. The van der Waals surface area contributed by atoms with Gasteiger partial charge >= 0.3 is 11.9 Å². The van der Waals surface area contributed by atoms with Crippen molar-refractivity contribution in [3.63, 3.8) is 0 Å². The van der Waals surface area contributed by atoms with Crippen LogP contribution in [0.15, 0.2) is 12.6 Å². The summed E-state index contributed by atoms with van der Waals surface area (Å²) in [6.45, 7) is 9.62. The predicted molar refractivity (Wildman–Crippen MR) is 80.2 cm³/mol. The molecule has 0 aliphatic rings. The molecule has 114 valence electrons. The van der Waals surface area contributed by atoms with Crippen LogP contribution in [0.1, 0.15) is 59.3 Å². The molecule has 0 aromatic carbocycles. The smallest absolute Gasteiger partial charge is 0.340 e. The Morgan fingerprint density at radius 3 is 2.19 bits per heavy atom. The van der Waals surface area contributed by atoms with Crippen LogP contribution in [-0.4, -0.2) is 30.1 Å². The van der Waals surface area contributed by atoms with E-state index in [0.717, 1.165) is 6.42 Å². The van der Waals surface area contributed by atoms with E-state index in [1.807, 2.05) is 6.92 Å². The summed E-state index contributed by atoms with van der Waals surface area (Å²) in [5, 5.41) is 0. The lowest BCUT2D eigenvalue weighted by atomic mass is 10.0. The van der Waals surface area contributed by atoms with Gasteiger partial charge in [0.1, 0.15) is 0 Å². The molecule has 0 spiro atoms. The van der Waals surface area contributed by atoms with Gasteiger partial charge in [0, 0.05) is 0 Å². The second-order valence-electron chi connectivity index (χ2n) is 4.31. The summed E-state index contributed by atoms with van der Waals surface area (Å²) in [5.41, 5.74) is 1.57. The highest BCUT2D eigenvalue weighted by molar-refractivity contribution is 5.98. The van der Waals surface area contributed by atoms with Crippen LogP contribution in [0.2, 0.25) is 0 Å². The zero-order valence-electron chi connectivity index (χ0n) is 12.8. The molecule has 5 nitrogen and oxygen atoms in total. The lowest BCUT2D eigenvalue weighted by molar-refractivity contribution is 0.0523. The van der Waals surface area contributed by atoms with Crippen molar-refractivity contribution in [1.29, 1.82) is 0 Å². The van der Waals surface area contributed by atoms with Crippen LogP contribution >= 0.6 is 0 Å². The minimum Gasteiger partial charge on any atom is -0.462 e. The molecule has 0 N–H and O–H groups in total. The Labute approximate surface area is 125 Å². The zero-order chi connectivity index (χ0) is 15.8. The number of aromatic nitrogens is 1. The third-order valence-electron chi connectivity index (χ3n) is 2.80. The molecule has 0 unspecified atom stereocenters. The van der Waals surface area contributed by atoms with E-state index < -0.39 is 11.9 Å². The van der Waals surface area contributed by atoms with Crippen molar-refractivity contribution in [1.82, 2.24) is 4.98 Å². The van der Waals surface area contributed by atoms with Gasteiger partial charge in [0.15, 0.2) is 0 Å². The molecule has 0 radical (unpaired) electrons. The molecule has 0 fully saturated rings. The van der Waals surface area contributed by atoms with E-state index in [9.17, 15) is 9.59 Å². The highest BCUT2D eigenvalue weighted by atomic mass is 16.5. The fourth-order valence-corrected chi connectivity index (χ4v) is 1.91. The highest BCUT2D eigenvalue weighted by Crippen LogP contribution is 2.18. The predicted octanol–water partition coefficient (Wildman–Crippen LogP) is 3.03. The monoisotopic (exact) mass is 291 g/mol. The SMILES string of the molecule is C=Cc1nc(CCC)c(C(=O)OCC)cc1C(=O)OCC. The Morgan fingerprint density at radius 2 is 1.71 bits per heavy atom. The van der Waals surface area contributed by atoms with Crippen LogP contribution in [0.25, 0.3) is 6.08 Å². The van der Waals surface area contributed by atoms with Gasteiger partial charge in [-0.2, -0.15) is 0 Å². The number of nitrogens with zero attached hydrogens (tertiary/aromatic N) is 1. The number of carbonyl (C=O) groups is 2. The van der Waals surface area contributed by atoms with E-state index in [1.54, 1.807) is 13.8 Å². The number of aryl methyl sites for hydroxylation is 1. The molecule has 0 atom stereocenters. The van der Waals surface area contributed by atoms with Crippen molar-refractivity contribution >= 4 is 18.0 Å². The first kappa shape index (κ1) is 16.9. The Hall–Kier alpha value is -2.17. The number of esters is 2. The van der Waals surface area contributed by atoms with Gasteiger partial charge in [0.2, 0.25) is 0 Å². The summed E-state index contributed by atoms with van der Waals surface area (Å²) in [4.78, 5) is 28.4. The van der Waals surface area contributed by atoms with Gasteiger partial charge in [-0.05, 0) is 32.4 Å². The number of rotatable bonds is 7. The van der Waals surface area contributed by atoms with Crippen LogP contribution in [0.3, 0.4) is 0 Å². The summed E-state index contributed by atoms with van der Waals surface area (Å²) < 4.78 is 10.0. The first-order valence-corrected chi connectivity index (χ1v) is 7.09. The molecule has 0 aliphatic carbocycles. The third kappa shape index (κ3) is 4.15. The van der Waals surface area contributed by atoms with Crippen LogP contribution in [0.5, 0.6) is 0 Å². The summed E-state index contributed by atoms with van der Waals surface area (Å²) in [7, 11) is 0. The standard InChI is InChI=1S/C16H21NO4/c1-5-9-14-12(16(19)21-8-4)10-11(13(6-2)17-14)15(18)20-7-3/h6,10H,2,5,7-9H2,1,3-4H3. The van der Waals surface area contributed by atoms with Crippen molar-refractivity contribution in [3.05, 3.63) is 35.2 Å². The average Bonchev–Trinajstić information content (AvgIpc) is 2.47. The lowest BCUT2D eigenvalue weighted by Gasteiger charge is -2.12.